The van der Waals surface area contributed by atoms with E-state index in [1.165, 1.54) is 165 Å². The summed E-state index contributed by atoms with van der Waals surface area (Å²) in [6, 6.07) is 143. The van der Waals surface area contributed by atoms with Gasteiger partial charge in [-0.05, 0) is 215 Å². The maximum Gasteiger partial charge on any atom is 0.488 e. The second kappa shape index (κ2) is 28.0. The second-order valence-electron chi connectivity index (χ2n) is 27.1. The van der Waals surface area contributed by atoms with E-state index >= 15 is 0 Å². The highest BCUT2D eigenvalue weighted by molar-refractivity contribution is 6.58. The Morgan fingerprint density at radius 3 is 0.733 bits per heavy atom. The van der Waals surface area contributed by atoms with E-state index in [0.29, 0.717) is 5.46 Å². The monoisotopic (exact) mass is 1340 g/mol. The molecule has 18 aromatic carbocycles. The van der Waals surface area contributed by atoms with Crippen molar-refractivity contribution in [1.82, 2.24) is 4.57 Å². The Balaban J connectivity index is 0.000000123. The maximum absolute atomic E-state index is 9.45. The molecule has 1 aromatic heterocycles. The van der Waals surface area contributed by atoms with Crippen LogP contribution in [0.25, 0.3) is 171 Å². The highest BCUT2D eigenvalue weighted by Gasteiger charge is 2.23. The molecule has 19 aromatic rings. The molecule has 0 spiro atoms. The van der Waals surface area contributed by atoms with Gasteiger partial charge in [0.25, 0.3) is 0 Å². The number of fused-ring (bicyclic) bond motifs is 10. The Bertz CT molecular complexity index is 6100. The van der Waals surface area contributed by atoms with Gasteiger partial charge in [-0.2, -0.15) is 0 Å². The van der Waals surface area contributed by atoms with Crippen LogP contribution in [0.4, 0.5) is 0 Å². The van der Waals surface area contributed by atoms with Gasteiger partial charge in [-0.25, -0.2) is 0 Å². The summed E-state index contributed by atoms with van der Waals surface area (Å²) in [5.41, 5.74) is 29.4. The van der Waals surface area contributed by atoms with Crippen molar-refractivity contribution in [1.29, 1.82) is 0 Å². The third kappa shape index (κ3) is 12.1. The van der Waals surface area contributed by atoms with Gasteiger partial charge in [0.1, 0.15) is 0 Å². The quantitative estimate of drug-likeness (QED) is 0.106. The topological polar surface area (TPSA) is 45.4 Å². The van der Waals surface area contributed by atoms with Gasteiger partial charge in [0.15, 0.2) is 0 Å². The molecule has 0 bridgehead atoms. The largest absolute Gasteiger partial charge is 0.488 e. The van der Waals surface area contributed by atoms with E-state index in [0.717, 1.165) is 23.2 Å². The molecule has 4 heteroatoms. The van der Waals surface area contributed by atoms with Crippen molar-refractivity contribution in [3.63, 3.8) is 0 Å². The van der Waals surface area contributed by atoms with Gasteiger partial charge in [0.05, 0.1) is 11.0 Å². The molecule has 0 saturated carbocycles. The van der Waals surface area contributed by atoms with Crippen LogP contribution < -0.4 is 5.46 Å². The molecule has 1 aliphatic rings. The summed E-state index contributed by atoms with van der Waals surface area (Å²) in [6.07, 6.45) is 1.04. The minimum atomic E-state index is -1.46. The summed E-state index contributed by atoms with van der Waals surface area (Å²) in [5, 5.41) is 31.2. The van der Waals surface area contributed by atoms with Gasteiger partial charge in [-0.3, -0.25) is 0 Å². The molecule has 3 nitrogen and oxygen atoms in total. The van der Waals surface area contributed by atoms with Crippen LogP contribution in [-0.4, -0.2) is 21.7 Å². The molecule has 494 valence electrons. The average molecular weight is 1340 g/mol. The Morgan fingerprint density at radius 1 is 0.200 bits per heavy atom. The fourth-order valence-electron chi connectivity index (χ4n) is 16.0. The lowest BCUT2D eigenvalue weighted by molar-refractivity contribution is 0.426. The highest BCUT2D eigenvalue weighted by Crippen LogP contribution is 2.47. The van der Waals surface area contributed by atoms with Gasteiger partial charge < -0.3 is 14.6 Å². The third-order valence-corrected chi connectivity index (χ3v) is 21.0. The van der Waals surface area contributed by atoms with Crippen LogP contribution in [0.3, 0.4) is 0 Å². The molecule has 0 unspecified atom stereocenters. The molecule has 0 fully saturated rings. The van der Waals surface area contributed by atoms with Gasteiger partial charge in [-0.15, -0.1) is 0 Å². The lowest BCUT2D eigenvalue weighted by Gasteiger charge is -2.18. The van der Waals surface area contributed by atoms with Crippen LogP contribution in [0, 0.1) is 0 Å². The van der Waals surface area contributed by atoms with Crippen molar-refractivity contribution in [2.24, 2.45) is 0 Å². The SMILES string of the molecule is OB(O)c1ccc(-c2c3ccccc3c(-c3ccccc3)c3ccccc23)cc1.c1ccc(-c2ccc3c(c2)-c2cc(-c4ccccc4)ccc2C3)cc1.c1ccc(-c2ccc3c(c2)c2cc(-c4ccccc4)ccc2n3-c2ccc(-c3c4ccccc4c(-c4ccccc4)c4ccccc34)cc2)cc1. The van der Waals surface area contributed by atoms with Crippen molar-refractivity contribution in [3.8, 4) is 106 Å². The fourth-order valence-corrected chi connectivity index (χ4v) is 16.0. The van der Waals surface area contributed by atoms with E-state index in [2.05, 4.69) is 375 Å². The molecule has 0 atom stereocenters. The van der Waals surface area contributed by atoms with E-state index in [9.17, 15) is 10.0 Å². The van der Waals surface area contributed by atoms with Crippen molar-refractivity contribution in [3.05, 3.63) is 412 Å². The Kier molecular flexibility index (Phi) is 17.0. The second-order valence-corrected chi connectivity index (χ2v) is 27.1. The highest BCUT2D eigenvalue weighted by atomic mass is 16.4. The van der Waals surface area contributed by atoms with Crippen LogP contribution in [0.5, 0.6) is 0 Å². The van der Waals surface area contributed by atoms with Gasteiger partial charge in [0.2, 0.25) is 0 Å². The summed E-state index contributed by atoms with van der Waals surface area (Å²) in [6.45, 7) is 0. The fraction of sp³-hybridized carbons (Fsp3) is 0.00990. The lowest BCUT2D eigenvalue weighted by atomic mass is 9.79. The first-order valence-electron chi connectivity index (χ1n) is 36.1. The number of benzene rings is 18. The minimum Gasteiger partial charge on any atom is -0.423 e. The zero-order valence-electron chi connectivity index (χ0n) is 57.7. The van der Waals surface area contributed by atoms with Crippen LogP contribution in [0.1, 0.15) is 11.1 Å². The molecule has 0 amide bonds. The van der Waals surface area contributed by atoms with Crippen LogP contribution in [-0.2, 0) is 6.42 Å². The third-order valence-electron chi connectivity index (χ3n) is 21.0. The molecule has 0 aliphatic heterocycles. The molecule has 1 aliphatic carbocycles. The molecule has 0 saturated heterocycles. The Labute approximate surface area is 611 Å². The smallest absolute Gasteiger partial charge is 0.423 e. The van der Waals surface area contributed by atoms with E-state index in [1.807, 2.05) is 18.2 Å². The van der Waals surface area contributed by atoms with Crippen molar-refractivity contribution < 1.29 is 10.0 Å². The standard InChI is InChI=1S/C50H33N.C26H19BO2.C25H18/c1-4-14-34(15-5-1)38-26-30-47-45(32-38)46-33-39(35-16-6-2-7-17-35)27-31-48(46)51(47)40-28-24-37(25-29-40)50-43-22-12-10-20-41(43)49(36-18-8-3-9-19-36)42-21-11-13-23-44(42)50;28-27(29)20-16-14-19(15-17-20)26-23-12-6-4-10-21(23)25(18-8-2-1-3-9-18)22-11-5-7-13-24(22)26;1-3-7-18(8-4-1)20-11-13-22-15-23-14-12-21(17-25(23)24(22)16-20)19-9-5-2-6-10-19/h1-33H;1-17,28-29H;1-14,16-17H,15H2. The first-order chi connectivity index (χ1) is 51.9. The molecule has 105 heavy (non-hydrogen) atoms. The van der Waals surface area contributed by atoms with E-state index in [-0.39, 0.29) is 0 Å². The molecular weight excluding hydrogens is 1270 g/mol. The summed E-state index contributed by atoms with van der Waals surface area (Å²) in [7, 11) is -1.46. The van der Waals surface area contributed by atoms with Crippen molar-refractivity contribution in [2.75, 3.05) is 0 Å². The number of hydrogen-bond donors (Lipinski definition) is 2. The first kappa shape index (κ1) is 63.9. The number of aromatic nitrogens is 1. The van der Waals surface area contributed by atoms with Gasteiger partial charge in [-0.1, -0.05) is 352 Å². The Morgan fingerprint density at radius 2 is 0.438 bits per heavy atom. The summed E-state index contributed by atoms with van der Waals surface area (Å²) < 4.78 is 2.42. The zero-order valence-corrected chi connectivity index (χ0v) is 57.7. The molecule has 1 heterocycles. The van der Waals surface area contributed by atoms with Crippen molar-refractivity contribution in [2.45, 2.75) is 6.42 Å². The summed E-state index contributed by atoms with van der Waals surface area (Å²) in [5.74, 6) is 0. The van der Waals surface area contributed by atoms with E-state index < -0.39 is 7.12 Å². The number of rotatable bonds is 10. The minimum absolute atomic E-state index is 0.489. The van der Waals surface area contributed by atoms with Crippen LogP contribution in [0.15, 0.2) is 400 Å². The molecule has 20 rings (SSSR count). The molecular formula is C101H70BNO2. The summed E-state index contributed by atoms with van der Waals surface area (Å²) in [4.78, 5) is 0. The number of hydrogen-bond acceptors (Lipinski definition) is 2. The van der Waals surface area contributed by atoms with Gasteiger partial charge >= 0.3 is 7.12 Å². The normalized spacial score (nSPS) is 11.5. The van der Waals surface area contributed by atoms with Crippen LogP contribution in [0.2, 0.25) is 0 Å². The van der Waals surface area contributed by atoms with Crippen LogP contribution >= 0.6 is 0 Å². The first-order valence-corrected chi connectivity index (χ1v) is 36.1. The Hall–Kier alpha value is -13.2. The van der Waals surface area contributed by atoms with Gasteiger partial charge in [0, 0.05) is 16.5 Å². The summed E-state index contributed by atoms with van der Waals surface area (Å²) >= 11 is 0. The van der Waals surface area contributed by atoms with E-state index in [1.54, 1.807) is 12.1 Å². The number of nitrogens with zero attached hydrogens (tertiary/aromatic N) is 1. The lowest BCUT2D eigenvalue weighted by Crippen LogP contribution is -2.29. The van der Waals surface area contributed by atoms with E-state index in [4.69, 9.17) is 0 Å². The average Bonchev–Trinajstić information content (AvgIpc) is 0.897. The zero-order chi connectivity index (χ0) is 70.2. The predicted molar refractivity (Wildman–Crippen MR) is 445 cm³/mol. The molecule has 0 radical (unpaired) electrons. The predicted octanol–water partition coefficient (Wildman–Crippen LogP) is 25.4. The maximum atomic E-state index is 9.45. The molecule has 2 N–H and O–H groups in total. The van der Waals surface area contributed by atoms with Crippen molar-refractivity contribution >= 4 is 77.5 Å².